The molecule has 1 saturated carbocycles. The van der Waals surface area contributed by atoms with Crippen LogP contribution in [-0.2, 0) is 6.54 Å². The van der Waals surface area contributed by atoms with Crippen molar-refractivity contribution in [2.75, 3.05) is 13.2 Å². The molecule has 2 N–H and O–H groups in total. The highest BCUT2D eigenvalue weighted by Crippen LogP contribution is 2.28. The molecule has 1 aliphatic rings. The van der Waals surface area contributed by atoms with Crippen LogP contribution < -0.4 is 5.32 Å². The number of amides is 2. The van der Waals surface area contributed by atoms with Gasteiger partial charge in [0.15, 0.2) is 0 Å². The van der Waals surface area contributed by atoms with E-state index in [0.29, 0.717) is 17.0 Å². The van der Waals surface area contributed by atoms with Crippen molar-refractivity contribution >= 4 is 6.03 Å². The van der Waals surface area contributed by atoms with Gasteiger partial charge in [0.1, 0.15) is 6.54 Å². The Labute approximate surface area is 138 Å². The molecule has 2 rings (SSSR count). The number of alkyl halides is 3. The molecule has 1 aliphatic carbocycles. The fraction of sp³-hybridized carbons (Fsp3) is 0.733. The molecule has 0 bridgehead atoms. The molecule has 1 aromatic rings. The highest BCUT2D eigenvalue weighted by Gasteiger charge is 2.34. The molecule has 1 unspecified atom stereocenters. The van der Waals surface area contributed by atoms with Crippen LogP contribution in [0.25, 0.3) is 0 Å². The van der Waals surface area contributed by atoms with Crippen molar-refractivity contribution in [2.45, 2.75) is 58.4 Å². The third-order valence-corrected chi connectivity index (χ3v) is 4.13. The highest BCUT2D eigenvalue weighted by molar-refractivity contribution is 5.75. The lowest BCUT2D eigenvalue weighted by molar-refractivity contribution is -0.143. The maximum atomic E-state index is 12.6. The second-order valence-electron chi connectivity index (χ2n) is 6.18. The molecule has 2 amide bonds. The Kier molecular flexibility index (Phi) is 5.42. The van der Waals surface area contributed by atoms with E-state index in [1.807, 2.05) is 0 Å². The lowest BCUT2D eigenvalue weighted by Crippen LogP contribution is -2.43. The minimum Gasteiger partial charge on any atom is -0.395 e. The molecule has 0 spiro atoms. The monoisotopic (exact) mass is 348 g/mol. The summed E-state index contributed by atoms with van der Waals surface area (Å²) in [7, 11) is 0. The van der Waals surface area contributed by atoms with Crippen molar-refractivity contribution in [1.82, 2.24) is 20.0 Å². The third kappa shape index (κ3) is 4.40. The molecular weight excluding hydrogens is 325 g/mol. The molecule has 1 atom stereocenters. The van der Waals surface area contributed by atoms with E-state index >= 15 is 0 Å². The number of aliphatic hydroxyl groups excluding tert-OH is 1. The molecule has 1 fully saturated rings. The van der Waals surface area contributed by atoms with Crippen LogP contribution in [0.2, 0.25) is 0 Å². The fourth-order valence-corrected chi connectivity index (χ4v) is 2.95. The molecular formula is C15H23F3N4O2. The number of carbonyl (C=O) groups is 1. The number of urea groups is 1. The summed E-state index contributed by atoms with van der Waals surface area (Å²) >= 11 is 0. The number of aryl methyl sites for hydroxylation is 1. The van der Waals surface area contributed by atoms with Crippen molar-refractivity contribution in [3.05, 3.63) is 17.0 Å². The third-order valence-electron chi connectivity index (χ3n) is 4.13. The number of aliphatic hydroxyl groups is 1. The zero-order valence-corrected chi connectivity index (χ0v) is 14.0. The van der Waals surface area contributed by atoms with Gasteiger partial charge < -0.3 is 15.3 Å². The summed E-state index contributed by atoms with van der Waals surface area (Å²) in [6.45, 7) is 3.88. The van der Waals surface area contributed by atoms with Crippen LogP contribution in [-0.4, -0.2) is 51.2 Å². The molecule has 136 valence electrons. The maximum absolute atomic E-state index is 12.6. The van der Waals surface area contributed by atoms with E-state index in [9.17, 15) is 18.0 Å². The normalized spacial score (nSPS) is 16.1. The zero-order chi connectivity index (χ0) is 18.1. The molecule has 0 aliphatic heterocycles. The smallest absolute Gasteiger partial charge is 0.395 e. The number of carbonyl (C=O) groups excluding carboxylic acids is 1. The first-order valence-electron chi connectivity index (χ1n) is 7.92. The first-order valence-corrected chi connectivity index (χ1v) is 7.92. The van der Waals surface area contributed by atoms with Crippen LogP contribution in [0.1, 0.15) is 42.8 Å². The summed E-state index contributed by atoms with van der Waals surface area (Å²) in [5.74, 6) is 0. The first-order chi connectivity index (χ1) is 11.1. The largest absolute Gasteiger partial charge is 0.408 e. The van der Waals surface area contributed by atoms with Gasteiger partial charge in [-0.25, -0.2) is 4.79 Å². The zero-order valence-electron chi connectivity index (χ0n) is 14.0. The van der Waals surface area contributed by atoms with Crippen LogP contribution >= 0.6 is 0 Å². The number of aromatic nitrogens is 2. The first kappa shape index (κ1) is 18.6. The summed E-state index contributed by atoms with van der Waals surface area (Å²) in [5, 5.41) is 15.8. The van der Waals surface area contributed by atoms with Crippen molar-refractivity contribution in [1.29, 1.82) is 0 Å². The van der Waals surface area contributed by atoms with E-state index in [1.165, 1.54) is 0 Å². The number of hydrogen-bond acceptors (Lipinski definition) is 3. The molecule has 9 heteroatoms. The number of hydrogen-bond donors (Lipinski definition) is 2. The van der Waals surface area contributed by atoms with Crippen LogP contribution in [0.3, 0.4) is 0 Å². The van der Waals surface area contributed by atoms with Crippen LogP contribution in [0.5, 0.6) is 0 Å². The Morgan fingerprint density at radius 3 is 2.58 bits per heavy atom. The van der Waals surface area contributed by atoms with Gasteiger partial charge in [0.05, 0.1) is 18.3 Å². The minimum atomic E-state index is -4.35. The molecule has 1 aromatic heterocycles. The Morgan fingerprint density at radius 1 is 1.46 bits per heavy atom. The predicted molar refractivity (Wildman–Crippen MR) is 81.5 cm³/mol. The lowest BCUT2D eigenvalue weighted by atomic mass is 10.1. The summed E-state index contributed by atoms with van der Waals surface area (Å²) in [6, 6.07) is -0.652. The molecule has 0 radical (unpaired) electrons. The SMILES string of the molecule is Cc1nn(CC(F)(F)F)c(C)c1C(C)NC(=O)N(CCO)C1CC1. The lowest BCUT2D eigenvalue weighted by Gasteiger charge is -2.24. The molecule has 24 heavy (non-hydrogen) atoms. The molecule has 0 aromatic carbocycles. The van der Waals surface area contributed by atoms with Gasteiger partial charge >= 0.3 is 12.2 Å². The number of nitrogens with one attached hydrogen (secondary N) is 1. The fourth-order valence-electron chi connectivity index (χ4n) is 2.95. The van der Waals surface area contributed by atoms with E-state index in [1.54, 1.807) is 25.7 Å². The van der Waals surface area contributed by atoms with Gasteiger partial charge in [-0.15, -0.1) is 0 Å². The van der Waals surface area contributed by atoms with Crippen LogP contribution in [0.4, 0.5) is 18.0 Å². The van der Waals surface area contributed by atoms with Gasteiger partial charge in [0.2, 0.25) is 0 Å². The summed E-state index contributed by atoms with van der Waals surface area (Å²) in [4.78, 5) is 13.9. The van der Waals surface area contributed by atoms with Gasteiger partial charge in [-0.3, -0.25) is 4.68 Å². The van der Waals surface area contributed by atoms with Gasteiger partial charge in [-0.2, -0.15) is 18.3 Å². The standard InChI is InChI=1S/C15H23F3N4O2/c1-9(19-14(24)21(6-7-23)12-4-5-12)13-10(2)20-22(11(13)3)8-15(16,17)18/h9,12,23H,4-8H2,1-3H3,(H,19,24). The van der Waals surface area contributed by atoms with E-state index in [4.69, 9.17) is 5.11 Å². The highest BCUT2D eigenvalue weighted by atomic mass is 19.4. The van der Waals surface area contributed by atoms with E-state index in [0.717, 1.165) is 17.5 Å². The number of nitrogens with zero attached hydrogens (tertiary/aromatic N) is 3. The Balaban J connectivity index is 2.11. The summed E-state index contributed by atoms with van der Waals surface area (Å²) in [5.41, 5.74) is 1.44. The van der Waals surface area contributed by atoms with Gasteiger partial charge in [0.25, 0.3) is 0 Å². The van der Waals surface area contributed by atoms with E-state index in [2.05, 4.69) is 10.4 Å². The number of rotatable bonds is 6. The average Bonchev–Trinajstić information content (AvgIpc) is 3.22. The Bertz CT molecular complexity index is 596. The maximum Gasteiger partial charge on any atom is 0.408 e. The second-order valence-corrected chi connectivity index (χ2v) is 6.18. The van der Waals surface area contributed by atoms with Crippen molar-refractivity contribution < 1.29 is 23.1 Å². The van der Waals surface area contributed by atoms with Crippen molar-refractivity contribution in [3.63, 3.8) is 0 Å². The molecule has 6 nitrogen and oxygen atoms in total. The van der Waals surface area contributed by atoms with Gasteiger partial charge in [-0.1, -0.05) is 0 Å². The van der Waals surface area contributed by atoms with Gasteiger partial charge in [-0.05, 0) is 33.6 Å². The number of halogens is 3. The van der Waals surface area contributed by atoms with Crippen molar-refractivity contribution in [3.8, 4) is 0 Å². The summed E-state index contributed by atoms with van der Waals surface area (Å²) < 4.78 is 38.7. The average molecular weight is 348 g/mol. The minimum absolute atomic E-state index is 0.125. The Morgan fingerprint density at radius 2 is 2.08 bits per heavy atom. The van der Waals surface area contributed by atoms with E-state index < -0.39 is 18.8 Å². The topological polar surface area (TPSA) is 70.4 Å². The van der Waals surface area contributed by atoms with E-state index in [-0.39, 0.29) is 25.2 Å². The summed E-state index contributed by atoms with van der Waals surface area (Å²) in [6.07, 6.45) is -2.54. The van der Waals surface area contributed by atoms with Crippen molar-refractivity contribution in [2.24, 2.45) is 0 Å². The second kappa shape index (κ2) is 7.00. The molecule has 0 saturated heterocycles. The Hall–Kier alpha value is -1.77. The molecule has 1 heterocycles. The van der Waals surface area contributed by atoms with Crippen LogP contribution in [0.15, 0.2) is 0 Å². The quantitative estimate of drug-likeness (QED) is 0.829. The van der Waals surface area contributed by atoms with Gasteiger partial charge in [0, 0.05) is 23.8 Å². The predicted octanol–water partition coefficient (Wildman–Crippen LogP) is 2.29. The van der Waals surface area contributed by atoms with Crippen LogP contribution in [0, 0.1) is 13.8 Å².